The van der Waals surface area contributed by atoms with Gasteiger partial charge in [-0.15, -0.1) is 24.0 Å². The van der Waals surface area contributed by atoms with Crippen LogP contribution < -0.4 is 5.32 Å². The third kappa shape index (κ3) is 7.27. The minimum atomic E-state index is 0. The fraction of sp³-hybridized carbons (Fsp3) is 0.737. The Labute approximate surface area is 181 Å². The van der Waals surface area contributed by atoms with E-state index in [1.54, 1.807) is 0 Å². The maximum Gasteiger partial charge on any atom is 0.194 e. The molecule has 1 aliphatic heterocycles. The molecule has 5 nitrogen and oxygen atoms in total. The second kappa shape index (κ2) is 12.1. The van der Waals surface area contributed by atoms with Gasteiger partial charge in [-0.2, -0.15) is 0 Å². The average Bonchev–Trinajstić information content (AvgIpc) is 2.91. The van der Waals surface area contributed by atoms with Crippen LogP contribution in [0.4, 0.5) is 0 Å². The molecule has 2 rings (SSSR count). The number of hydrogen-bond acceptors (Lipinski definition) is 2. The van der Waals surface area contributed by atoms with Crippen molar-refractivity contribution in [3.8, 4) is 0 Å². The Bertz CT molecular complexity index is 552. The van der Waals surface area contributed by atoms with Gasteiger partial charge in [-0.25, -0.2) is 0 Å². The van der Waals surface area contributed by atoms with Crippen LogP contribution in [-0.4, -0.2) is 60.1 Å². The van der Waals surface area contributed by atoms with Gasteiger partial charge in [0.05, 0.1) is 11.6 Å². The summed E-state index contributed by atoms with van der Waals surface area (Å²) in [5, 5.41) is 4.19. The lowest BCUT2D eigenvalue weighted by Gasteiger charge is -2.30. The number of aromatic nitrogens is 1. The zero-order valence-corrected chi connectivity index (χ0v) is 19.8. The molecule has 26 heavy (non-hydrogen) atoms. The molecule has 0 unspecified atom stereocenters. The maximum absolute atomic E-state index is 6.09. The summed E-state index contributed by atoms with van der Waals surface area (Å²) in [7, 11) is 4.11. The van der Waals surface area contributed by atoms with E-state index < -0.39 is 0 Å². The second-order valence-corrected chi connectivity index (χ2v) is 7.46. The molecule has 1 N–H and O–H groups in total. The molecule has 0 bridgehead atoms. The van der Waals surface area contributed by atoms with Gasteiger partial charge < -0.3 is 19.7 Å². The Balaban J connectivity index is 0.00000338. The lowest BCUT2D eigenvalue weighted by Crippen LogP contribution is -2.39. The van der Waals surface area contributed by atoms with Crippen LogP contribution in [0.25, 0.3) is 0 Å². The van der Waals surface area contributed by atoms with Gasteiger partial charge in [-0.05, 0) is 57.8 Å². The van der Waals surface area contributed by atoms with Gasteiger partial charge in [-0.1, -0.05) is 18.5 Å². The van der Waals surface area contributed by atoms with Crippen molar-refractivity contribution in [2.75, 3.05) is 39.8 Å². The number of guanidine groups is 1. The van der Waals surface area contributed by atoms with Crippen LogP contribution in [-0.2, 0) is 13.6 Å². The Morgan fingerprint density at radius 3 is 2.58 bits per heavy atom. The summed E-state index contributed by atoms with van der Waals surface area (Å²) in [4.78, 5) is 9.57. The van der Waals surface area contributed by atoms with E-state index in [1.807, 2.05) is 19.3 Å². The fourth-order valence-electron chi connectivity index (χ4n) is 3.46. The molecule has 0 saturated carbocycles. The van der Waals surface area contributed by atoms with Gasteiger partial charge in [0.25, 0.3) is 0 Å². The molecular formula is C19H35ClIN5. The van der Waals surface area contributed by atoms with E-state index in [-0.39, 0.29) is 24.0 Å². The molecule has 150 valence electrons. The number of hydrogen-bond donors (Lipinski definition) is 1. The minimum Gasteiger partial charge on any atom is -0.357 e. The summed E-state index contributed by atoms with van der Waals surface area (Å²) in [5.41, 5.74) is 1.19. The van der Waals surface area contributed by atoms with Crippen molar-refractivity contribution >= 4 is 41.5 Å². The summed E-state index contributed by atoms with van der Waals surface area (Å²) in [5.74, 6) is 1.80. The van der Waals surface area contributed by atoms with Crippen molar-refractivity contribution in [3.05, 3.63) is 23.0 Å². The van der Waals surface area contributed by atoms with E-state index in [1.165, 1.54) is 44.6 Å². The molecule has 1 aliphatic rings. The van der Waals surface area contributed by atoms with Gasteiger partial charge in [0.1, 0.15) is 0 Å². The van der Waals surface area contributed by atoms with Crippen molar-refractivity contribution in [1.29, 1.82) is 0 Å². The van der Waals surface area contributed by atoms with Crippen molar-refractivity contribution in [2.24, 2.45) is 18.0 Å². The summed E-state index contributed by atoms with van der Waals surface area (Å²) >= 11 is 6.09. The zero-order chi connectivity index (χ0) is 18.2. The molecule has 1 aromatic rings. The number of piperidine rings is 1. The number of nitrogens with one attached hydrogen (secondary N) is 1. The van der Waals surface area contributed by atoms with E-state index in [4.69, 9.17) is 16.6 Å². The van der Waals surface area contributed by atoms with Gasteiger partial charge in [0.15, 0.2) is 5.96 Å². The molecule has 0 atom stereocenters. The average molecular weight is 496 g/mol. The highest BCUT2D eigenvalue weighted by molar-refractivity contribution is 14.0. The first-order valence-corrected chi connectivity index (χ1v) is 9.93. The molecule has 0 radical (unpaired) electrons. The van der Waals surface area contributed by atoms with Crippen LogP contribution in [0.15, 0.2) is 17.3 Å². The summed E-state index contributed by atoms with van der Waals surface area (Å²) in [6.45, 7) is 10.6. The molecule has 1 fully saturated rings. The van der Waals surface area contributed by atoms with E-state index in [0.717, 1.165) is 36.5 Å². The van der Waals surface area contributed by atoms with Crippen molar-refractivity contribution in [3.63, 3.8) is 0 Å². The number of likely N-dealkylation sites (tertiary alicyclic amines) is 1. The summed E-state index contributed by atoms with van der Waals surface area (Å²) in [6, 6.07) is 2.02. The quantitative estimate of drug-likeness (QED) is 0.355. The van der Waals surface area contributed by atoms with Crippen LogP contribution in [0.2, 0.25) is 5.02 Å². The molecule has 1 saturated heterocycles. The SMILES string of the molecule is CCNC(=NCCC1CCN(CC)CC1)N(C)Cc1cc(Cl)cn1C.I. The van der Waals surface area contributed by atoms with E-state index >= 15 is 0 Å². The minimum absolute atomic E-state index is 0. The molecule has 1 aromatic heterocycles. The number of aliphatic imine (C=N–C) groups is 1. The number of halogens is 2. The lowest BCUT2D eigenvalue weighted by molar-refractivity contribution is 0.188. The third-order valence-electron chi connectivity index (χ3n) is 5.12. The third-order valence-corrected chi connectivity index (χ3v) is 5.33. The smallest absolute Gasteiger partial charge is 0.194 e. The second-order valence-electron chi connectivity index (χ2n) is 7.02. The standard InChI is InChI=1S/C19H34ClN5.HI/c1-5-21-19(24(4)15-18-13-17(20)14-23(18)3)22-10-7-16-8-11-25(6-2)12-9-16;/h13-14,16H,5-12,15H2,1-4H3,(H,21,22);1H. The highest BCUT2D eigenvalue weighted by Gasteiger charge is 2.17. The van der Waals surface area contributed by atoms with Crippen LogP contribution in [0.1, 0.15) is 38.8 Å². The lowest BCUT2D eigenvalue weighted by atomic mass is 9.94. The van der Waals surface area contributed by atoms with Crippen molar-refractivity contribution in [2.45, 2.75) is 39.7 Å². The first-order chi connectivity index (χ1) is 12.0. The highest BCUT2D eigenvalue weighted by atomic mass is 127. The molecule has 0 aliphatic carbocycles. The van der Waals surface area contributed by atoms with E-state index in [2.05, 4.69) is 40.6 Å². The first kappa shape index (κ1) is 23.6. The molecule has 0 aromatic carbocycles. The number of rotatable bonds is 7. The molecular weight excluding hydrogens is 461 g/mol. The highest BCUT2D eigenvalue weighted by Crippen LogP contribution is 2.20. The number of aryl methyl sites for hydroxylation is 1. The molecule has 0 spiro atoms. The van der Waals surface area contributed by atoms with Crippen molar-refractivity contribution in [1.82, 2.24) is 19.7 Å². The fourth-order valence-corrected chi connectivity index (χ4v) is 3.73. The van der Waals surface area contributed by atoms with Crippen LogP contribution >= 0.6 is 35.6 Å². The predicted molar refractivity (Wildman–Crippen MR) is 123 cm³/mol. The Hall–Kier alpha value is -0.470. The van der Waals surface area contributed by atoms with Crippen molar-refractivity contribution < 1.29 is 0 Å². The Morgan fingerprint density at radius 1 is 1.35 bits per heavy atom. The van der Waals surface area contributed by atoms with Gasteiger partial charge in [-0.3, -0.25) is 4.99 Å². The molecule has 7 heteroatoms. The predicted octanol–water partition coefficient (Wildman–Crippen LogP) is 3.82. The Kier molecular flexibility index (Phi) is 11.0. The number of nitrogens with zero attached hydrogens (tertiary/aromatic N) is 4. The van der Waals surface area contributed by atoms with Crippen LogP contribution in [0.3, 0.4) is 0 Å². The summed E-state index contributed by atoms with van der Waals surface area (Å²) < 4.78 is 2.07. The summed E-state index contributed by atoms with van der Waals surface area (Å²) in [6.07, 6.45) is 5.77. The molecule has 2 heterocycles. The normalized spacial score (nSPS) is 16.4. The van der Waals surface area contributed by atoms with E-state index in [0.29, 0.717) is 0 Å². The maximum atomic E-state index is 6.09. The monoisotopic (exact) mass is 495 g/mol. The van der Waals surface area contributed by atoms with Gasteiger partial charge >= 0.3 is 0 Å². The Morgan fingerprint density at radius 2 is 2.04 bits per heavy atom. The molecule has 0 amide bonds. The van der Waals surface area contributed by atoms with E-state index in [9.17, 15) is 0 Å². The first-order valence-electron chi connectivity index (χ1n) is 9.56. The van der Waals surface area contributed by atoms with Crippen LogP contribution in [0.5, 0.6) is 0 Å². The van der Waals surface area contributed by atoms with Gasteiger partial charge in [0, 0.05) is 39.1 Å². The van der Waals surface area contributed by atoms with Gasteiger partial charge in [0.2, 0.25) is 0 Å². The topological polar surface area (TPSA) is 35.8 Å². The van der Waals surface area contributed by atoms with Crippen LogP contribution in [0, 0.1) is 5.92 Å². The zero-order valence-electron chi connectivity index (χ0n) is 16.7. The largest absolute Gasteiger partial charge is 0.357 e.